The van der Waals surface area contributed by atoms with Crippen molar-refractivity contribution in [2.24, 2.45) is 0 Å². The summed E-state index contributed by atoms with van der Waals surface area (Å²) in [4.78, 5) is 1.38. The topological polar surface area (TPSA) is 9.23 Å². The molecule has 0 N–H and O–H groups in total. The molecule has 0 atom stereocenters. The Bertz CT molecular complexity index is 447. The van der Waals surface area contributed by atoms with Crippen LogP contribution in [-0.2, 0) is 0 Å². The Morgan fingerprint density at radius 3 is 2.85 bits per heavy atom. The van der Waals surface area contributed by atoms with E-state index in [9.17, 15) is 0 Å². The first-order valence-corrected chi connectivity index (χ1v) is 5.84. The third-order valence-electron chi connectivity index (χ3n) is 2.00. The molecule has 13 heavy (non-hydrogen) atoms. The minimum Gasteiger partial charge on any atom is -0.497 e. The first kappa shape index (κ1) is 9.27. The van der Waals surface area contributed by atoms with Crippen molar-refractivity contribution >= 4 is 44.0 Å². The Morgan fingerprint density at radius 2 is 2.15 bits per heavy atom. The Kier molecular flexibility index (Phi) is 2.47. The van der Waals surface area contributed by atoms with Crippen molar-refractivity contribution in [1.82, 2.24) is 0 Å². The van der Waals surface area contributed by atoms with Crippen LogP contribution >= 0.6 is 33.9 Å². The summed E-state index contributed by atoms with van der Waals surface area (Å²) in [5.74, 6) is 0.935. The normalized spacial score (nSPS) is 10.7. The largest absolute Gasteiger partial charge is 0.497 e. The van der Waals surface area contributed by atoms with Crippen LogP contribution in [0.1, 0.15) is 4.88 Å². The molecule has 0 aliphatic heterocycles. The van der Waals surface area contributed by atoms with Crippen LogP contribution in [0.25, 0.3) is 10.1 Å². The number of halogens is 1. The molecule has 0 amide bonds. The van der Waals surface area contributed by atoms with E-state index >= 15 is 0 Å². The van der Waals surface area contributed by atoms with Crippen molar-refractivity contribution in [2.45, 2.75) is 6.92 Å². The average molecular weight is 304 g/mol. The van der Waals surface area contributed by atoms with Crippen LogP contribution < -0.4 is 4.74 Å². The molecule has 3 heteroatoms. The molecule has 2 rings (SSSR count). The van der Waals surface area contributed by atoms with E-state index in [2.05, 4.69) is 41.6 Å². The molecule has 0 saturated carbocycles. The van der Waals surface area contributed by atoms with E-state index in [0.29, 0.717) is 0 Å². The van der Waals surface area contributed by atoms with Crippen LogP contribution in [0.15, 0.2) is 18.2 Å². The summed E-state index contributed by atoms with van der Waals surface area (Å²) in [7, 11) is 1.70. The molecule has 0 radical (unpaired) electrons. The molecule has 0 aliphatic rings. The first-order valence-electron chi connectivity index (χ1n) is 3.95. The summed E-state index contributed by atoms with van der Waals surface area (Å²) in [6.45, 7) is 2.15. The second-order valence-electron chi connectivity index (χ2n) is 2.83. The van der Waals surface area contributed by atoms with Gasteiger partial charge in [0.05, 0.1) is 7.11 Å². The number of hydrogen-bond acceptors (Lipinski definition) is 2. The smallest absolute Gasteiger partial charge is 0.120 e. The summed E-state index contributed by atoms with van der Waals surface area (Å²) in [6, 6.07) is 6.23. The zero-order valence-corrected chi connectivity index (χ0v) is 10.4. The van der Waals surface area contributed by atoms with Gasteiger partial charge in [0, 0.05) is 18.5 Å². The van der Waals surface area contributed by atoms with E-state index < -0.39 is 0 Å². The third kappa shape index (κ3) is 1.55. The number of thiophene rings is 1. The van der Waals surface area contributed by atoms with E-state index in [1.165, 1.54) is 18.5 Å². The summed E-state index contributed by atoms with van der Waals surface area (Å²) >= 11 is 4.21. The van der Waals surface area contributed by atoms with Crippen LogP contribution in [0.5, 0.6) is 5.75 Å². The van der Waals surface area contributed by atoms with Crippen molar-refractivity contribution < 1.29 is 4.74 Å². The van der Waals surface area contributed by atoms with Crippen molar-refractivity contribution in [3.05, 3.63) is 26.6 Å². The van der Waals surface area contributed by atoms with Gasteiger partial charge in [-0.3, -0.25) is 0 Å². The van der Waals surface area contributed by atoms with Crippen LogP contribution in [0.2, 0.25) is 0 Å². The number of fused-ring (bicyclic) bond motifs is 1. The molecule has 0 bridgehead atoms. The van der Waals surface area contributed by atoms with Crippen LogP contribution in [0, 0.1) is 10.5 Å². The van der Waals surface area contributed by atoms with E-state index in [0.717, 1.165) is 5.75 Å². The predicted molar refractivity (Wildman–Crippen MR) is 65.8 cm³/mol. The monoisotopic (exact) mass is 304 g/mol. The Labute approximate surface area is 94.9 Å². The van der Waals surface area contributed by atoms with Crippen LogP contribution in [-0.4, -0.2) is 7.11 Å². The average Bonchev–Trinajstić information content (AvgIpc) is 2.42. The standard InChI is InChI=1S/C10H9IOS/c1-6-10(11)8-4-3-7(12-2)5-9(8)13-6/h3-5H,1-2H3. The summed E-state index contributed by atoms with van der Waals surface area (Å²) in [5, 5.41) is 1.34. The molecular formula is C10H9IOS. The van der Waals surface area contributed by atoms with Crippen molar-refractivity contribution in [3.8, 4) is 5.75 Å². The van der Waals surface area contributed by atoms with Gasteiger partial charge in [-0.15, -0.1) is 11.3 Å². The van der Waals surface area contributed by atoms with Crippen molar-refractivity contribution in [2.75, 3.05) is 7.11 Å². The summed E-state index contributed by atoms with van der Waals surface area (Å²) in [6.07, 6.45) is 0. The molecule has 0 fully saturated rings. The summed E-state index contributed by atoms with van der Waals surface area (Å²) < 4.78 is 7.84. The Hall–Kier alpha value is -0.290. The molecule has 0 spiro atoms. The van der Waals surface area contributed by atoms with Crippen molar-refractivity contribution in [3.63, 3.8) is 0 Å². The maximum atomic E-state index is 5.18. The lowest BCUT2D eigenvalue weighted by Crippen LogP contribution is -1.80. The third-order valence-corrected chi connectivity index (χ3v) is 4.82. The van der Waals surface area contributed by atoms with Gasteiger partial charge >= 0.3 is 0 Å². The van der Waals surface area contributed by atoms with E-state index in [-0.39, 0.29) is 0 Å². The number of hydrogen-bond donors (Lipinski definition) is 0. The van der Waals surface area contributed by atoms with Gasteiger partial charge in [-0.05, 0) is 47.7 Å². The maximum Gasteiger partial charge on any atom is 0.120 e. The lowest BCUT2D eigenvalue weighted by Gasteiger charge is -1.97. The lowest BCUT2D eigenvalue weighted by molar-refractivity contribution is 0.415. The zero-order chi connectivity index (χ0) is 9.42. The zero-order valence-electron chi connectivity index (χ0n) is 7.43. The van der Waals surface area contributed by atoms with E-state index in [1.807, 2.05) is 17.4 Å². The molecule has 2 aromatic rings. The van der Waals surface area contributed by atoms with Gasteiger partial charge < -0.3 is 4.74 Å². The highest BCUT2D eigenvalue weighted by atomic mass is 127. The van der Waals surface area contributed by atoms with Gasteiger partial charge in [0.2, 0.25) is 0 Å². The molecular weight excluding hydrogens is 295 g/mol. The predicted octanol–water partition coefficient (Wildman–Crippen LogP) is 3.82. The Balaban J connectivity index is 2.73. The van der Waals surface area contributed by atoms with E-state index in [1.54, 1.807) is 7.11 Å². The number of rotatable bonds is 1. The van der Waals surface area contributed by atoms with Crippen molar-refractivity contribution in [1.29, 1.82) is 0 Å². The SMILES string of the molecule is COc1ccc2c(I)c(C)sc2c1. The second kappa shape index (κ2) is 3.46. The molecule has 0 saturated heterocycles. The molecule has 1 heterocycles. The molecule has 0 aliphatic carbocycles. The number of benzene rings is 1. The number of aryl methyl sites for hydroxylation is 1. The van der Waals surface area contributed by atoms with Gasteiger partial charge in [-0.1, -0.05) is 0 Å². The fourth-order valence-electron chi connectivity index (χ4n) is 1.29. The highest BCUT2D eigenvalue weighted by molar-refractivity contribution is 14.1. The molecule has 68 valence electrons. The highest BCUT2D eigenvalue weighted by Crippen LogP contribution is 2.33. The second-order valence-corrected chi connectivity index (χ2v) is 5.17. The fraction of sp³-hybridized carbons (Fsp3) is 0.200. The number of ether oxygens (including phenoxy) is 1. The van der Waals surface area contributed by atoms with Gasteiger partial charge in [-0.25, -0.2) is 0 Å². The quantitative estimate of drug-likeness (QED) is 0.728. The molecule has 1 aromatic carbocycles. The van der Waals surface area contributed by atoms with Gasteiger partial charge in [0.15, 0.2) is 0 Å². The minimum absolute atomic E-state index is 0.935. The van der Waals surface area contributed by atoms with Crippen LogP contribution in [0.4, 0.5) is 0 Å². The maximum absolute atomic E-state index is 5.18. The molecule has 1 aromatic heterocycles. The minimum atomic E-state index is 0.935. The summed E-state index contributed by atoms with van der Waals surface area (Å²) in [5.41, 5.74) is 0. The molecule has 1 nitrogen and oxygen atoms in total. The van der Waals surface area contributed by atoms with Gasteiger partial charge in [-0.2, -0.15) is 0 Å². The van der Waals surface area contributed by atoms with Crippen LogP contribution in [0.3, 0.4) is 0 Å². The lowest BCUT2D eigenvalue weighted by atomic mass is 10.2. The fourth-order valence-corrected chi connectivity index (χ4v) is 3.26. The highest BCUT2D eigenvalue weighted by Gasteiger charge is 2.06. The molecule has 0 unspecified atom stereocenters. The first-order chi connectivity index (χ1) is 6.22. The van der Waals surface area contributed by atoms with Gasteiger partial charge in [0.25, 0.3) is 0 Å². The number of methoxy groups -OCH3 is 1. The Morgan fingerprint density at radius 1 is 1.38 bits per heavy atom. The van der Waals surface area contributed by atoms with E-state index in [4.69, 9.17) is 4.74 Å². The van der Waals surface area contributed by atoms with Gasteiger partial charge in [0.1, 0.15) is 5.75 Å².